The van der Waals surface area contributed by atoms with E-state index >= 15 is 0 Å². The number of imidazole rings is 1. The van der Waals surface area contributed by atoms with Crippen molar-refractivity contribution in [2.24, 2.45) is 11.8 Å². The molecule has 2 fully saturated rings. The molecule has 1 aliphatic carbocycles. The highest BCUT2D eigenvalue weighted by Gasteiger charge is 2.45. The first kappa shape index (κ1) is 15.6. The van der Waals surface area contributed by atoms with Crippen LogP contribution in [0.15, 0.2) is 6.20 Å². The highest BCUT2D eigenvalue weighted by atomic mass is 16.5. The van der Waals surface area contributed by atoms with E-state index in [0.717, 1.165) is 43.5 Å². The molecule has 1 aliphatic heterocycles. The molecule has 1 saturated carbocycles. The maximum Gasteiger partial charge on any atom is 0.336 e. The first-order valence-electron chi connectivity index (χ1n) is 9.06. The van der Waals surface area contributed by atoms with Gasteiger partial charge in [-0.3, -0.25) is 0 Å². The fourth-order valence-corrected chi connectivity index (χ4v) is 3.92. The average molecular weight is 330 g/mol. The molecule has 7 heteroatoms. The fourth-order valence-electron chi connectivity index (χ4n) is 3.92. The van der Waals surface area contributed by atoms with E-state index in [-0.39, 0.29) is 6.10 Å². The number of nitrogens with two attached hydrogens (primary N) is 1. The van der Waals surface area contributed by atoms with Crippen LogP contribution in [0, 0.1) is 11.8 Å². The molecule has 0 spiro atoms. The summed E-state index contributed by atoms with van der Waals surface area (Å²) in [7, 11) is 0. The van der Waals surface area contributed by atoms with Crippen LogP contribution in [0.3, 0.4) is 0 Å². The summed E-state index contributed by atoms with van der Waals surface area (Å²) in [6, 6.07) is 1.08. The molecule has 7 nitrogen and oxygen atoms in total. The zero-order valence-electron chi connectivity index (χ0n) is 14.4. The number of piperidine rings is 1. The Kier molecular flexibility index (Phi) is 4.04. The standard InChI is InChI=1S/C17H26N6O/c1-3-4-10(2)24-17-21-15(18)16-20-9-12(23(16)22-17)7-11-5-6-19-14-8-13(11)14/h9-11,13-14,19H,3-8H2,1-2H3,(H2,18,21,22)/t10-,11?,13?,14?/m0/s1. The molecule has 2 aromatic heterocycles. The number of anilines is 1. The van der Waals surface area contributed by atoms with Crippen molar-refractivity contribution in [1.82, 2.24) is 24.9 Å². The van der Waals surface area contributed by atoms with Gasteiger partial charge in [-0.05, 0) is 51.0 Å². The zero-order valence-corrected chi connectivity index (χ0v) is 14.4. The Labute approximate surface area is 142 Å². The molecular weight excluding hydrogens is 304 g/mol. The topological polar surface area (TPSA) is 90.4 Å². The number of hydrogen-bond acceptors (Lipinski definition) is 6. The summed E-state index contributed by atoms with van der Waals surface area (Å²) in [5, 5.41) is 8.11. The van der Waals surface area contributed by atoms with Crippen molar-refractivity contribution in [3.8, 4) is 6.01 Å². The second kappa shape index (κ2) is 6.20. The molecule has 0 radical (unpaired) electrons. The molecule has 2 aromatic rings. The largest absolute Gasteiger partial charge is 0.459 e. The van der Waals surface area contributed by atoms with Gasteiger partial charge in [-0.2, -0.15) is 4.98 Å². The predicted molar refractivity (Wildman–Crippen MR) is 91.9 cm³/mol. The van der Waals surface area contributed by atoms with Crippen molar-refractivity contribution in [3.05, 3.63) is 11.9 Å². The van der Waals surface area contributed by atoms with Crippen molar-refractivity contribution in [2.45, 2.75) is 58.1 Å². The Balaban J connectivity index is 1.58. The molecule has 0 amide bonds. The lowest BCUT2D eigenvalue weighted by Gasteiger charge is -2.21. The van der Waals surface area contributed by atoms with Crippen LogP contribution in [-0.4, -0.2) is 38.3 Å². The van der Waals surface area contributed by atoms with Crippen LogP contribution in [-0.2, 0) is 6.42 Å². The van der Waals surface area contributed by atoms with Crippen LogP contribution < -0.4 is 15.8 Å². The first-order valence-corrected chi connectivity index (χ1v) is 9.06. The van der Waals surface area contributed by atoms with Gasteiger partial charge in [0.1, 0.15) is 0 Å². The van der Waals surface area contributed by atoms with Crippen LogP contribution >= 0.6 is 0 Å². The third kappa shape index (κ3) is 2.92. The lowest BCUT2D eigenvalue weighted by molar-refractivity contribution is 0.189. The minimum absolute atomic E-state index is 0.0791. The molecule has 4 atom stereocenters. The van der Waals surface area contributed by atoms with E-state index in [4.69, 9.17) is 10.5 Å². The summed E-state index contributed by atoms with van der Waals surface area (Å²) in [4.78, 5) is 8.68. The van der Waals surface area contributed by atoms with Crippen LogP contribution in [0.2, 0.25) is 0 Å². The van der Waals surface area contributed by atoms with Gasteiger partial charge >= 0.3 is 6.01 Å². The smallest absolute Gasteiger partial charge is 0.336 e. The number of rotatable bonds is 6. The van der Waals surface area contributed by atoms with Gasteiger partial charge in [0.2, 0.25) is 0 Å². The van der Waals surface area contributed by atoms with E-state index in [9.17, 15) is 0 Å². The summed E-state index contributed by atoms with van der Waals surface area (Å²) in [6.45, 7) is 5.28. The summed E-state index contributed by atoms with van der Waals surface area (Å²) in [5.74, 6) is 1.89. The minimum Gasteiger partial charge on any atom is -0.459 e. The highest BCUT2D eigenvalue weighted by molar-refractivity contribution is 5.59. The van der Waals surface area contributed by atoms with E-state index in [0.29, 0.717) is 23.4 Å². The average Bonchev–Trinajstić information content (AvgIpc) is 3.24. The minimum atomic E-state index is 0.0791. The Bertz CT molecular complexity index is 729. The Morgan fingerprint density at radius 2 is 2.38 bits per heavy atom. The van der Waals surface area contributed by atoms with Crippen molar-refractivity contribution in [2.75, 3.05) is 12.3 Å². The number of nitrogen functional groups attached to an aromatic ring is 1. The molecule has 2 aliphatic rings. The molecule has 0 bridgehead atoms. The van der Waals surface area contributed by atoms with Crippen LogP contribution in [0.25, 0.3) is 5.65 Å². The van der Waals surface area contributed by atoms with Crippen molar-refractivity contribution in [3.63, 3.8) is 0 Å². The Morgan fingerprint density at radius 3 is 3.21 bits per heavy atom. The van der Waals surface area contributed by atoms with Gasteiger partial charge < -0.3 is 15.8 Å². The Hall–Kier alpha value is -1.89. The maximum absolute atomic E-state index is 6.06. The molecule has 0 aromatic carbocycles. The van der Waals surface area contributed by atoms with Crippen molar-refractivity contribution >= 4 is 11.5 Å². The van der Waals surface area contributed by atoms with Gasteiger partial charge in [0.15, 0.2) is 11.5 Å². The molecule has 3 N–H and O–H groups in total. The van der Waals surface area contributed by atoms with Crippen molar-refractivity contribution in [1.29, 1.82) is 0 Å². The normalized spacial score (nSPS) is 27.0. The number of aromatic nitrogens is 4. The quantitative estimate of drug-likeness (QED) is 0.839. The second-order valence-electron chi connectivity index (χ2n) is 7.19. The maximum atomic E-state index is 6.06. The number of nitrogens with one attached hydrogen (secondary N) is 1. The fraction of sp³-hybridized carbons (Fsp3) is 0.706. The molecule has 3 unspecified atom stereocenters. The molecular formula is C17H26N6O. The van der Waals surface area contributed by atoms with E-state index in [2.05, 4.69) is 27.3 Å². The second-order valence-corrected chi connectivity index (χ2v) is 7.19. The van der Waals surface area contributed by atoms with E-state index in [1.165, 1.54) is 12.8 Å². The zero-order chi connectivity index (χ0) is 16.7. The van der Waals surface area contributed by atoms with Gasteiger partial charge in [0.05, 0.1) is 18.0 Å². The van der Waals surface area contributed by atoms with Gasteiger partial charge in [0, 0.05) is 6.04 Å². The van der Waals surface area contributed by atoms with E-state index in [1.54, 1.807) is 0 Å². The lowest BCUT2D eigenvalue weighted by atomic mass is 9.92. The number of hydrogen-bond donors (Lipinski definition) is 2. The molecule has 4 rings (SSSR count). The van der Waals surface area contributed by atoms with Gasteiger partial charge in [-0.1, -0.05) is 13.3 Å². The molecule has 3 heterocycles. The Morgan fingerprint density at radius 1 is 1.50 bits per heavy atom. The van der Waals surface area contributed by atoms with Crippen LogP contribution in [0.5, 0.6) is 6.01 Å². The SMILES string of the molecule is CCC[C@H](C)Oc1nc(N)c2ncc(CC3CCNC4CC34)n2n1. The monoisotopic (exact) mass is 330 g/mol. The lowest BCUT2D eigenvalue weighted by Crippen LogP contribution is -2.30. The van der Waals surface area contributed by atoms with Gasteiger partial charge in [-0.15, -0.1) is 5.10 Å². The number of fused-ring (bicyclic) bond motifs is 2. The summed E-state index contributed by atoms with van der Waals surface area (Å²) < 4.78 is 7.66. The highest BCUT2D eigenvalue weighted by Crippen LogP contribution is 2.43. The van der Waals surface area contributed by atoms with Crippen LogP contribution in [0.1, 0.15) is 45.2 Å². The van der Waals surface area contributed by atoms with Crippen LogP contribution in [0.4, 0.5) is 5.82 Å². The molecule has 24 heavy (non-hydrogen) atoms. The molecule has 130 valence electrons. The number of nitrogens with zero attached hydrogens (tertiary/aromatic N) is 4. The van der Waals surface area contributed by atoms with Gasteiger partial charge in [-0.25, -0.2) is 9.50 Å². The summed E-state index contributed by atoms with van der Waals surface area (Å²) >= 11 is 0. The molecule has 1 saturated heterocycles. The predicted octanol–water partition coefficient (Wildman–Crippen LogP) is 1.81. The number of ether oxygens (including phenoxy) is 1. The summed E-state index contributed by atoms with van der Waals surface area (Å²) in [5.41, 5.74) is 7.79. The van der Waals surface area contributed by atoms with E-state index in [1.807, 2.05) is 17.6 Å². The third-order valence-corrected chi connectivity index (χ3v) is 5.28. The van der Waals surface area contributed by atoms with Gasteiger partial charge in [0.25, 0.3) is 0 Å². The van der Waals surface area contributed by atoms with E-state index < -0.39 is 0 Å². The van der Waals surface area contributed by atoms with Crippen molar-refractivity contribution < 1.29 is 4.74 Å². The first-order chi connectivity index (χ1) is 11.7. The third-order valence-electron chi connectivity index (χ3n) is 5.28. The summed E-state index contributed by atoms with van der Waals surface area (Å²) in [6.07, 6.45) is 7.51.